The van der Waals surface area contributed by atoms with Crippen LogP contribution in [0.5, 0.6) is 0 Å². The molecule has 0 aliphatic heterocycles. The van der Waals surface area contributed by atoms with Gasteiger partial charge in [-0.15, -0.1) is 22.6 Å². The highest BCUT2D eigenvalue weighted by molar-refractivity contribution is 7.11. The highest BCUT2D eigenvalue weighted by atomic mass is 35.5. The van der Waals surface area contributed by atoms with E-state index >= 15 is 0 Å². The average Bonchev–Trinajstić information content (AvgIpc) is 2.35. The standard InChI is InChI=1S/C5H6F3N3S.ClH/c6-5(7,8)4-11-10-3(12-4)1-2-9;/h1-2,9H2;1H. The fourth-order valence-electron chi connectivity index (χ4n) is 0.593. The first-order valence-corrected chi connectivity index (χ1v) is 3.95. The minimum absolute atomic E-state index is 0. The molecule has 0 aliphatic rings. The first-order valence-electron chi connectivity index (χ1n) is 3.13. The summed E-state index contributed by atoms with van der Waals surface area (Å²) in [5.41, 5.74) is 5.14. The second-order valence-corrected chi connectivity index (χ2v) is 3.10. The maximum absolute atomic E-state index is 11.9. The molecule has 3 nitrogen and oxygen atoms in total. The number of nitrogens with zero attached hydrogens (tertiary/aromatic N) is 2. The van der Waals surface area contributed by atoms with Crippen LogP contribution in [0.2, 0.25) is 0 Å². The van der Waals surface area contributed by atoms with Crippen molar-refractivity contribution in [1.29, 1.82) is 0 Å². The van der Waals surface area contributed by atoms with Gasteiger partial charge in [-0.2, -0.15) is 13.2 Å². The number of aromatic nitrogens is 2. The summed E-state index contributed by atoms with van der Waals surface area (Å²) in [6.07, 6.45) is -4.04. The van der Waals surface area contributed by atoms with E-state index < -0.39 is 11.2 Å². The smallest absolute Gasteiger partial charge is 0.330 e. The van der Waals surface area contributed by atoms with E-state index in [0.29, 0.717) is 22.8 Å². The van der Waals surface area contributed by atoms with Crippen LogP contribution in [0.4, 0.5) is 13.2 Å². The van der Waals surface area contributed by atoms with Crippen LogP contribution in [0.1, 0.15) is 10.0 Å². The van der Waals surface area contributed by atoms with E-state index in [1.54, 1.807) is 0 Å². The van der Waals surface area contributed by atoms with Gasteiger partial charge < -0.3 is 5.73 Å². The molecule has 76 valence electrons. The number of nitrogens with two attached hydrogens (primary N) is 1. The van der Waals surface area contributed by atoms with Gasteiger partial charge in [0.15, 0.2) is 0 Å². The van der Waals surface area contributed by atoms with Gasteiger partial charge in [0.2, 0.25) is 5.01 Å². The van der Waals surface area contributed by atoms with E-state index in [0.717, 1.165) is 0 Å². The van der Waals surface area contributed by atoms with Gasteiger partial charge in [0.05, 0.1) is 0 Å². The Kier molecular flexibility index (Phi) is 4.58. The zero-order valence-electron chi connectivity index (χ0n) is 6.34. The van der Waals surface area contributed by atoms with E-state index in [4.69, 9.17) is 5.73 Å². The second kappa shape index (κ2) is 4.73. The van der Waals surface area contributed by atoms with Gasteiger partial charge in [0.25, 0.3) is 0 Å². The van der Waals surface area contributed by atoms with Gasteiger partial charge >= 0.3 is 6.18 Å². The van der Waals surface area contributed by atoms with E-state index in [1.807, 2.05) is 0 Å². The molecule has 1 heterocycles. The maximum atomic E-state index is 11.9. The first-order chi connectivity index (χ1) is 5.54. The minimum atomic E-state index is -4.38. The minimum Gasteiger partial charge on any atom is -0.330 e. The second-order valence-electron chi connectivity index (χ2n) is 2.04. The van der Waals surface area contributed by atoms with Crippen LogP contribution in [-0.4, -0.2) is 16.7 Å². The zero-order chi connectivity index (χ0) is 9.19. The molecule has 0 saturated heterocycles. The van der Waals surface area contributed by atoms with Crippen LogP contribution in [0, 0.1) is 0 Å². The molecule has 0 aromatic carbocycles. The lowest BCUT2D eigenvalue weighted by Crippen LogP contribution is -2.03. The summed E-state index contributed by atoms with van der Waals surface area (Å²) in [6, 6.07) is 0. The van der Waals surface area contributed by atoms with Crippen molar-refractivity contribution in [1.82, 2.24) is 10.2 Å². The molecule has 0 saturated carbocycles. The molecule has 0 spiro atoms. The highest BCUT2D eigenvalue weighted by Crippen LogP contribution is 2.31. The Labute approximate surface area is 82.6 Å². The molecule has 0 bridgehead atoms. The Morgan fingerprint density at radius 1 is 1.31 bits per heavy atom. The predicted molar refractivity (Wildman–Crippen MR) is 44.9 cm³/mol. The van der Waals surface area contributed by atoms with E-state index in [9.17, 15) is 13.2 Å². The zero-order valence-corrected chi connectivity index (χ0v) is 7.97. The Hall–Kier alpha value is -0.400. The number of hydrogen-bond acceptors (Lipinski definition) is 4. The predicted octanol–water partition coefficient (Wildman–Crippen LogP) is 1.48. The molecule has 0 amide bonds. The molecule has 1 aromatic rings. The summed E-state index contributed by atoms with van der Waals surface area (Å²) in [5, 5.41) is 5.75. The van der Waals surface area contributed by atoms with Gasteiger partial charge in [-0.3, -0.25) is 0 Å². The molecule has 1 rings (SSSR count). The highest BCUT2D eigenvalue weighted by Gasteiger charge is 2.35. The third-order valence-corrected chi connectivity index (χ3v) is 2.10. The lowest BCUT2D eigenvalue weighted by atomic mass is 10.5. The van der Waals surface area contributed by atoms with Crippen LogP contribution in [0.15, 0.2) is 0 Å². The van der Waals surface area contributed by atoms with Gasteiger partial charge in [0, 0.05) is 6.42 Å². The molecular weight excluding hydrogens is 227 g/mol. The Bertz CT molecular complexity index is 262. The first kappa shape index (κ1) is 12.6. The average molecular weight is 234 g/mol. The Morgan fingerprint density at radius 3 is 2.31 bits per heavy atom. The number of rotatable bonds is 2. The molecule has 0 atom stereocenters. The third-order valence-electron chi connectivity index (χ3n) is 1.07. The lowest BCUT2D eigenvalue weighted by Gasteiger charge is -1.97. The van der Waals surface area contributed by atoms with Gasteiger partial charge in [0.1, 0.15) is 5.01 Å². The molecule has 8 heteroatoms. The summed E-state index contributed by atoms with van der Waals surface area (Å²) < 4.78 is 35.8. The quantitative estimate of drug-likeness (QED) is 0.842. The molecule has 0 radical (unpaired) electrons. The van der Waals surface area contributed by atoms with Crippen molar-refractivity contribution in [2.45, 2.75) is 12.6 Å². The Balaban J connectivity index is 0.00000144. The monoisotopic (exact) mass is 233 g/mol. The van der Waals surface area contributed by atoms with Crippen molar-refractivity contribution in [3.63, 3.8) is 0 Å². The Morgan fingerprint density at radius 2 is 1.92 bits per heavy atom. The van der Waals surface area contributed by atoms with Gasteiger partial charge in [-0.05, 0) is 6.54 Å². The lowest BCUT2D eigenvalue weighted by molar-refractivity contribution is -0.138. The number of hydrogen-bond donors (Lipinski definition) is 1. The van der Waals surface area contributed by atoms with Crippen LogP contribution >= 0.6 is 23.7 Å². The van der Waals surface area contributed by atoms with Crippen molar-refractivity contribution < 1.29 is 13.2 Å². The van der Waals surface area contributed by atoms with E-state index in [1.165, 1.54) is 0 Å². The van der Waals surface area contributed by atoms with Crippen LogP contribution in [-0.2, 0) is 12.6 Å². The summed E-state index contributed by atoms with van der Waals surface area (Å²) in [4.78, 5) is 0. The largest absolute Gasteiger partial charge is 0.445 e. The van der Waals surface area contributed by atoms with Crippen LogP contribution in [0.3, 0.4) is 0 Å². The molecule has 1 aromatic heterocycles. The van der Waals surface area contributed by atoms with Crippen molar-refractivity contribution in [2.75, 3.05) is 6.54 Å². The van der Waals surface area contributed by atoms with Gasteiger partial charge in [-0.1, -0.05) is 11.3 Å². The van der Waals surface area contributed by atoms with Gasteiger partial charge in [-0.25, -0.2) is 0 Å². The van der Waals surface area contributed by atoms with Crippen LogP contribution in [0.25, 0.3) is 0 Å². The molecule has 0 fully saturated rings. The topological polar surface area (TPSA) is 51.8 Å². The van der Waals surface area contributed by atoms with Crippen molar-refractivity contribution in [3.05, 3.63) is 10.0 Å². The summed E-state index contributed by atoms with van der Waals surface area (Å²) >= 11 is 0.537. The van der Waals surface area contributed by atoms with E-state index in [2.05, 4.69) is 10.2 Å². The van der Waals surface area contributed by atoms with Crippen molar-refractivity contribution in [2.24, 2.45) is 5.73 Å². The maximum Gasteiger partial charge on any atom is 0.445 e. The third kappa shape index (κ3) is 3.45. The SMILES string of the molecule is Cl.NCCc1nnc(C(F)(F)F)s1. The fraction of sp³-hybridized carbons (Fsp3) is 0.600. The fourth-order valence-corrected chi connectivity index (χ4v) is 1.31. The summed E-state index contributed by atoms with van der Waals surface area (Å²) in [7, 11) is 0. The molecule has 2 N–H and O–H groups in total. The molecule has 0 unspecified atom stereocenters. The van der Waals surface area contributed by atoms with Crippen LogP contribution < -0.4 is 5.73 Å². The van der Waals surface area contributed by atoms with E-state index in [-0.39, 0.29) is 19.0 Å². The number of alkyl halides is 3. The summed E-state index contributed by atoms with van der Waals surface area (Å²) in [6.45, 7) is 0.284. The van der Waals surface area contributed by atoms with Crippen molar-refractivity contribution in [3.8, 4) is 0 Å². The summed E-state index contributed by atoms with van der Waals surface area (Å²) in [5.74, 6) is 0. The normalized spacial score (nSPS) is 11.1. The van der Waals surface area contributed by atoms with Crippen molar-refractivity contribution >= 4 is 23.7 Å². The molecule has 13 heavy (non-hydrogen) atoms. The molecule has 0 aliphatic carbocycles. The number of halogens is 4. The molecular formula is C5H7ClF3N3S.